The van der Waals surface area contributed by atoms with Crippen molar-refractivity contribution in [2.75, 3.05) is 13.1 Å². The van der Waals surface area contributed by atoms with E-state index in [2.05, 4.69) is 5.32 Å². The Morgan fingerprint density at radius 1 is 1.20 bits per heavy atom. The number of halogens is 1. The van der Waals surface area contributed by atoms with Crippen molar-refractivity contribution in [2.45, 2.75) is 44.7 Å². The zero-order valence-corrected chi connectivity index (χ0v) is 14.2. The lowest BCUT2D eigenvalue weighted by Crippen LogP contribution is -2.54. The molecule has 1 aromatic carbocycles. The van der Waals surface area contributed by atoms with Crippen LogP contribution in [0.15, 0.2) is 24.3 Å². The van der Waals surface area contributed by atoms with Crippen LogP contribution in [-0.2, 0) is 9.59 Å². The number of hydrogen-bond acceptors (Lipinski definition) is 4. The largest absolute Gasteiger partial charge is 0.480 e. The van der Waals surface area contributed by atoms with Gasteiger partial charge in [0.1, 0.15) is 5.82 Å². The van der Waals surface area contributed by atoms with Crippen LogP contribution in [-0.4, -0.2) is 52.8 Å². The summed E-state index contributed by atoms with van der Waals surface area (Å²) >= 11 is 0. The number of likely N-dealkylation sites (N-methyl/N-ethyl adjacent to an activating group) is 1. The zero-order chi connectivity index (χ0) is 18.4. The van der Waals surface area contributed by atoms with Crippen LogP contribution in [0.5, 0.6) is 0 Å². The van der Waals surface area contributed by atoms with Crippen molar-refractivity contribution in [1.82, 2.24) is 10.2 Å². The summed E-state index contributed by atoms with van der Waals surface area (Å²) in [7, 11) is 0. The highest BCUT2D eigenvalue weighted by Crippen LogP contribution is 2.25. The van der Waals surface area contributed by atoms with E-state index in [0.29, 0.717) is 12.1 Å². The fraction of sp³-hybridized carbons (Fsp3) is 0.500. The summed E-state index contributed by atoms with van der Waals surface area (Å²) in [6, 6.07) is 5.46. The molecule has 1 amide bonds. The SMILES string of the molecule is CCN(CC(=O)O)C1CC(NC(=O)CCC(=O)c2ccc(F)cc2)C1. The quantitative estimate of drug-likeness (QED) is 0.664. The molecule has 0 unspecified atom stereocenters. The molecule has 0 bridgehead atoms. The molecule has 1 fully saturated rings. The Balaban J connectivity index is 1.69. The van der Waals surface area contributed by atoms with Crippen LogP contribution in [0.1, 0.15) is 43.0 Å². The first-order valence-corrected chi connectivity index (χ1v) is 8.43. The van der Waals surface area contributed by atoms with E-state index in [0.717, 1.165) is 12.8 Å². The number of carbonyl (C=O) groups is 3. The molecule has 2 N–H and O–H groups in total. The molecule has 1 aromatic rings. The monoisotopic (exact) mass is 350 g/mol. The predicted molar refractivity (Wildman–Crippen MR) is 89.8 cm³/mol. The molecule has 1 aliphatic carbocycles. The van der Waals surface area contributed by atoms with E-state index in [-0.39, 0.29) is 43.2 Å². The molecule has 0 aliphatic heterocycles. The molecule has 136 valence electrons. The molecular formula is C18H23FN2O4. The van der Waals surface area contributed by atoms with Crippen molar-refractivity contribution in [3.63, 3.8) is 0 Å². The third kappa shape index (κ3) is 5.63. The molecule has 2 rings (SSSR count). The topological polar surface area (TPSA) is 86.7 Å². The molecule has 0 aromatic heterocycles. The average Bonchev–Trinajstić information content (AvgIpc) is 2.54. The Morgan fingerprint density at radius 3 is 2.40 bits per heavy atom. The minimum atomic E-state index is -0.853. The number of benzene rings is 1. The van der Waals surface area contributed by atoms with Crippen LogP contribution in [0, 0.1) is 5.82 Å². The van der Waals surface area contributed by atoms with E-state index in [9.17, 15) is 18.8 Å². The van der Waals surface area contributed by atoms with E-state index in [1.54, 1.807) is 0 Å². The number of nitrogens with one attached hydrogen (secondary N) is 1. The Hall–Kier alpha value is -2.28. The van der Waals surface area contributed by atoms with Crippen molar-refractivity contribution >= 4 is 17.7 Å². The van der Waals surface area contributed by atoms with Crippen LogP contribution >= 0.6 is 0 Å². The molecule has 0 saturated heterocycles. The Bertz CT molecular complexity index is 626. The lowest BCUT2D eigenvalue weighted by Gasteiger charge is -2.42. The van der Waals surface area contributed by atoms with Gasteiger partial charge in [-0.2, -0.15) is 0 Å². The number of hydrogen-bond donors (Lipinski definition) is 2. The molecule has 6 nitrogen and oxygen atoms in total. The average molecular weight is 350 g/mol. The zero-order valence-electron chi connectivity index (χ0n) is 14.2. The summed E-state index contributed by atoms with van der Waals surface area (Å²) in [5.41, 5.74) is 0.394. The molecule has 0 radical (unpaired) electrons. The minimum absolute atomic E-state index is 0.00794. The van der Waals surface area contributed by atoms with Gasteiger partial charge in [-0.15, -0.1) is 0 Å². The smallest absolute Gasteiger partial charge is 0.317 e. The van der Waals surface area contributed by atoms with Gasteiger partial charge in [0, 0.05) is 30.5 Å². The highest BCUT2D eigenvalue weighted by Gasteiger charge is 2.34. The van der Waals surface area contributed by atoms with Gasteiger partial charge in [-0.05, 0) is 43.7 Å². The number of carboxylic acids is 1. The molecule has 0 heterocycles. The second-order valence-corrected chi connectivity index (χ2v) is 6.28. The highest BCUT2D eigenvalue weighted by molar-refractivity contribution is 5.97. The van der Waals surface area contributed by atoms with Crippen molar-refractivity contribution in [3.05, 3.63) is 35.6 Å². The normalized spacial score (nSPS) is 19.3. The molecule has 0 spiro atoms. The van der Waals surface area contributed by atoms with Gasteiger partial charge in [-0.1, -0.05) is 6.92 Å². The van der Waals surface area contributed by atoms with Gasteiger partial charge in [-0.3, -0.25) is 19.3 Å². The van der Waals surface area contributed by atoms with Gasteiger partial charge < -0.3 is 10.4 Å². The highest BCUT2D eigenvalue weighted by atomic mass is 19.1. The molecular weight excluding hydrogens is 327 g/mol. The predicted octanol–water partition coefficient (Wildman–Crippen LogP) is 1.84. The van der Waals surface area contributed by atoms with E-state index in [1.807, 2.05) is 11.8 Å². The minimum Gasteiger partial charge on any atom is -0.480 e. The number of rotatable bonds is 9. The second kappa shape index (κ2) is 8.71. The standard InChI is InChI=1S/C18H23FN2O4/c1-2-21(11-18(24)25)15-9-14(10-15)20-17(23)8-7-16(22)12-3-5-13(19)6-4-12/h3-6,14-15H,2,7-11H2,1H3,(H,20,23)(H,24,25). The van der Waals surface area contributed by atoms with Crippen molar-refractivity contribution in [3.8, 4) is 0 Å². The number of aliphatic carboxylic acids is 1. The molecule has 0 atom stereocenters. The van der Waals surface area contributed by atoms with Crippen molar-refractivity contribution in [2.24, 2.45) is 0 Å². The van der Waals surface area contributed by atoms with Crippen LogP contribution in [0.4, 0.5) is 4.39 Å². The molecule has 7 heteroatoms. The maximum atomic E-state index is 12.8. The number of Topliss-reactive ketones (excluding diaryl/α,β-unsaturated/α-hetero) is 1. The number of carbonyl (C=O) groups excluding carboxylic acids is 2. The first-order chi connectivity index (χ1) is 11.9. The van der Waals surface area contributed by atoms with E-state index < -0.39 is 11.8 Å². The van der Waals surface area contributed by atoms with Gasteiger partial charge >= 0.3 is 5.97 Å². The van der Waals surface area contributed by atoms with Crippen molar-refractivity contribution in [1.29, 1.82) is 0 Å². The van der Waals surface area contributed by atoms with Crippen LogP contribution < -0.4 is 5.32 Å². The van der Waals surface area contributed by atoms with Crippen LogP contribution in [0.2, 0.25) is 0 Å². The van der Waals surface area contributed by atoms with E-state index in [1.165, 1.54) is 24.3 Å². The van der Waals surface area contributed by atoms with Crippen molar-refractivity contribution < 1.29 is 23.9 Å². The van der Waals surface area contributed by atoms with Gasteiger partial charge in [0.15, 0.2) is 5.78 Å². The molecule has 1 aliphatic rings. The Morgan fingerprint density at radius 2 is 1.84 bits per heavy atom. The second-order valence-electron chi connectivity index (χ2n) is 6.28. The number of nitrogens with zero attached hydrogens (tertiary/aromatic N) is 1. The van der Waals surface area contributed by atoms with Gasteiger partial charge in [0.2, 0.25) is 5.91 Å². The third-order valence-corrected chi connectivity index (χ3v) is 4.48. The first-order valence-electron chi connectivity index (χ1n) is 8.43. The van der Waals surface area contributed by atoms with Crippen LogP contribution in [0.25, 0.3) is 0 Å². The summed E-state index contributed by atoms with van der Waals surface area (Å²) in [4.78, 5) is 36.5. The fourth-order valence-electron chi connectivity index (χ4n) is 2.98. The Kier molecular flexibility index (Phi) is 6.64. The Labute approximate surface area is 146 Å². The van der Waals surface area contributed by atoms with E-state index in [4.69, 9.17) is 5.11 Å². The van der Waals surface area contributed by atoms with Crippen LogP contribution in [0.3, 0.4) is 0 Å². The first kappa shape index (κ1) is 19.1. The van der Waals surface area contributed by atoms with Gasteiger partial charge in [0.05, 0.1) is 6.54 Å². The summed E-state index contributed by atoms with van der Waals surface area (Å²) < 4.78 is 12.8. The number of carboxylic acid groups (broad SMARTS) is 1. The summed E-state index contributed by atoms with van der Waals surface area (Å²) in [5.74, 6) is -1.65. The molecule has 1 saturated carbocycles. The van der Waals surface area contributed by atoms with Gasteiger partial charge in [-0.25, -0.2) is 4.39 Å². The third-order valence-electron chi connectivity index (χ3n) is 4.48. The number of amides is 1. The summed E-state index contributed by atoms with van der Waals surface area (Å²) in [6.07, 6.45) is 1.61. The fourth-order valence-corrected chi connectivity index (χ4v) is 2.98. The molecule has 25 heavy (non-hydrogen) atoms. The maximum absolute atomic E-state index is 12.8. The van der Waals surface area contributed by atoms with Gasteiger partial charge in [0.25, 0.3) is 0 Å². The lowest BCUT2D eigenvalue weighted by molar-refractivity contribution is -0.139. The summed E-state index contributed by atoms with van der Waals surface area (Å²) in [5, 5.41) is 11.7. The maximum Gasteiger partial charge on any atom is 0.317 e. The summed E-state index contributed by atoms with van der Waals surface area (Å²) in [6.45, 7) is 2.58. The van der Waals surface area contributed by atoms with E-state index >= 15 is 0 Å². The number of ketones is 1. The lowest BCUT2D eigenvalue weighted by atomic mass is 9.85.